The smallest absolute Gasteiger partial charge is 0.191 e. The van der Waals surface area contributed by atoms with Crippen molar-refractivity contribution in [3.8, 4) is 0 Å². The third-order valence-electron chi connectivity index (χ3n) is 5.49. The van der Waals surface area contributed by atoms with Crippen LogP contribution in [0.2, 0.25) is 0 Å². The lowest BCUT2D eigenvalue weighted by Crippen LogP contribution is -2.51. The largest absolute Gasteiger partial charge is 0.379 e. The van der Waals surface area contributed by atoms with Crippen molar-refractivity contribution in [3.63, 3.8) is 0 Å². The van der Waals surface area contributed by atoms with Gasteiger partial charge in [-0.15, -0.1) is 0 Å². The number of aromatic nitrogens is 2. The van der Waals surface area contributed by atoms with Crippen LogP contribution in [0.25, 0.3) is 0 Å². The van der Waals surface area contributed by atoms with Crippen LogP contribution in [-0.2, 0) is 17.8 Å². The number of rotatable bonds is 10. The van der Waals surface area contributed by atoms with Gasteiger partial charge in [0.15, 0.2) is 5.96 Å². The molecular weight excluding hydrogens is 388 g/mol. The highest BCUT2D eigenvalue weighted by atomic mass is 16.5. The molecule has 7 heteroatoms. The lowest BCUT2D eigenvalue weighted by Gasteiger charge is -2.35. The van der Waals surface area contributed by atoms with E-state index < -0.39 is 0 Å². The van der Waals surface area contributed by atoms with Crippen LogP contribution < -0.4 is 10.6 Å². The number of aliphatic imine (C=N–C) groups is 1. The molecule has 1 saturated heterocycles. The molecule has 0 bridgehead atoms. The van der Waals surface area contributed by atoms with Crippen LogP contribution in [0.5, 0.6) is 0 Å². The number of hydrogen-bond donors (Lipinski definition) is 2. The maximum Gasteiger partial charge on any atom is 0.191 e. The second kappa shape index (κ2) is 12.5. The number of hydrogen-bond acceptors (Lipinski definition) is 4. The molecule has 0 amide bonds. The molecule has 2 aromatic rings. The summed E-state index contributed by atoms with van der Waals surface area (Å²) < 4.78 is 7.62. The molecule has 7 nitrogen and oxygen atoms in total. The summed E-state index contributed by atoms with van der Waals surface area (Å²) in [6.07, 6.45) is 6.81. The van der Waals surface area contributed by atoms with Crippen molar-refractivity contribution in [1.29, 1.82) is 0 Å². The zero-order chi connectivity index (χ0) is 21.9. The molecule has 0 radical (unpaired) electrons. The maximum atomic E-state index is 5.55. The van der Waals surface area contributed by atoms with Crippen molar-refractivity contribution < 1.29 is 4.74 Å². The van der Waals surface area contributed by atoms with Gasteiger partial charge in [-0.3, -0.25) is 4.90 Å². The van der Waals surface area contributed by atoms with Crippen LogP contribution in [0, 0.1) is 5.92 Å². The second-order valence-electron chi connectivity index (χ2n) is 8.56. The lowest BCUT2D eigenvalue weighted by atomic mass is 10.0. The van der Waals surface area contributed by atoms with Gasteiger partial charge in [-0.25, -0.2) is 9.98 Å². The Balaban J connectivity index is 1.59. The second-order valence-corrected chi connectivity index (χ2v) is 8.56. The SMILES string of the molecule is CCNC(=NCc1cccc(Cn2ccnc2)c1)NCC(CC(C)C)N1CCOCC1. The molecule has 1 atom stereocenters. The van der Waals surface area contributed by atoms with Gasteiger partial charge in [0.1, 0.15) is 0 Å². The van der Waals surface area contributed by atoms with E-state index in [-0.39, 0.29) is 0 Å². The Labute approximate surface area is 186 Å². The summed E-state index contributed by atoms with van der Waals surface area (Å²) in [6.45, 7) is 13.6. The highest BCUT2D eigenvalue weighted by molar-refractivity contribution is 5.79. The average Bonchev–Trinajstić information content (AvgIpc) is 3.28. The number of nitrogens with one attached hydrogen (secondary N) is 2. The van der Waals surface area contributed by atoms with Crippen LogP contribution >= 0.6 is 0 Å². The summed E-state index contributed by atoms with van der Waals surface area (Å²) in [5.41, 5.74) is 2.47. The Kier molecular flexibility index (Phi) is 9.37. The Morgan fingerprint density at radius 3 is 2.71 bits per heavy atom. The predicted octanol–water partition coefficient (Wildman–Crippen LogP) is 2.73. The maximum absolute atomic E-state index is 5.55. The minimum Gasteiger partial charge on any atom is -0.379 e. The molecule has 2 N–H and O–H groups in total. The zero-order valence-electron chi connectivity index (χ0n) is 19.3. The van der Waals surface area contributed by atoms with Crippen molar-refractivity contribution in [3.05, 3.63) is 54.1 Å². The van der Waals surface area contributed by atoms with E-state index in [0.717, 1.165) is 51.9 Å². The van der Waals surface area contributed by atoms with E-state index in [2.05, 4.69) is 70.1 Å². The summed E-state index contributed by atoms with van der Waals surface area (Å²) >= 11 is 0. The molecule has 1 fully saturated rings. The van der Waals surface area contributed by atoms with Crippen LogP contribution in [0.3, 0.4) is 0 Å². The predicted molar refractivity (Wildman–Crippen MR) is 126 cm³/mol. The van der Waals surface area contributed by atoms with E-state index in [1.165, 1.54) is 17.5 Å². The van der Waals surface area contributed by atoms with Crippen molar-refractivity contribution in [2.75, 3.05) is 39.4 Å². The van der Waals surface area contributed by atoms with Crippen LogP contribution in [0.1, 0.15) is 38.3 Å². The van der Waals surface area contributed by atoms with Crippen LogP contribution in [0.4, 0.5) is 0 Å². The fourth-order valence-electron chi connectivity index (χ4n) is 3.99. The molecule has 1 aromatic heterocycles. The van der Waals surface area contributed by atoms with E-state index in [0.29, 0.717) is 18.5 Å². The Bertz CT molecular complexity index is 783. The summed E-state index contributed by atoms with van der Waals surface area (Å²) in [7, 11) is 0. The van der Waals surface area contributed by atoms with Gasteiger partial charge in [0.25, 0.3) is 0 Å². The molecule has 31 heavy (non-hydrogen) atoms. The third kappa shape index (κ3) is 7.99. The lowest BCUT2D eigenvalue weighted by molar-refractivity contribution is 0.0132. The van der Waals surface area contributed by atoms with Crippen LogP contribution in [0.15, 0.2) is 48.0 Å². The zero-order valence-corrected chi connectivity index (χ0v) is 19.3. The number of benzene rings is 1. The van der Waals surface area contributed by atoms with E-state index in [1.807, 2.05) is 18.7 Å². The molecule has 170 valence electrons. The fourth-order valence-corrected chi connectivity index (χ4v) is 3.99. The van der Waals surface area contributed by atoms with Gasteiger partial charge in [-0.05, 0) is 30.4 Å². The van der Waals surface area contributed by atoms with Crippen LogP contribution in [-0.4, -0.2) is 65.8 Å². The molecule has 3 rings (SSSR count). The summed E-state index contributed by atoms with van der Waals surface area (Å²) in [6, 6.07) is 9.11. The van der Waals surface area contributed by atoms with Gasteiger partial charge in [0, 0.05) is 51.2 Å². The molecule has 1 aromatic carbocycles. The molecule has 0 spiro atoms. The first kappa shape index (κ1) is 23.3. The molecule has 1 aliphatic heterocycles. The topological polar surface area (TPSA) is 66.7 Å². The highest BCUT2D eigenvalue weighted by Crippen LogP contribution is 2.13. The minimum atomic E-state index is 0.492. The average molecular weight is 427 g/mol. The van der Waals surface area contributed by atoms with Crippen molar-refractivity contribution in [2.45, 2.75) is 46.3 Å². The molecule has 2 heterocycles. The third-order valence-corrected chi connectivity index (χ3v) is 5.49. The first-order valence-corrected chi connectivity index (χ1v) is 11.5. The number of ether oxygens (including phenoxy) is 1. The highest BCUT2D eigenvalue weighted by Gasteiger charge is 2.22. The first-order valence-electron chi connectivity index (χ1n) is 11.5. The molecule has 0 saturated carbocycles. The van der Waals surface area contributed by atoms with E-state index in [1.54, 1.807) is 0 Å². The number of nitrogens with zero attached hydrogens (tertiary/aromatic N) is 4. The minimum absolute atomic E-state index is 0.492. The Morgan fingerprint density at radius 1 is 1.19 bits per heavy atom. The summed E-state index contributed by atoms with van der Waals surface area (Å²) in [4.78, 5) is 11.5. The molecule has 1 unspecified atom stereocenters. The first-order chi connectivity index (χ1) is 15.1. The van der Waals surface area contributed by atoms with E-state index >= 15 is 0 Å². The summed E-state index contributed by atoms with van der Waals surface area (Å²) in [5, 5.41) is 6.99. The molecule has 0 aliphatic carbocycles. The fraction of sp³-hybridized carbons (Fsp3) is 0.583. The summed E-state index contributed by atoms with van der Waals surface area (Å²) in [5.74, 6) is 1.54. The van der Waals surface area contributed by atoms with Gasteiger partial charge in [-0.2, -0.15) is 0 Å². The normalized spacial score (nSPS) is 16.5. The van der Waals surface area contributed by atoms with Crippen molar-refractivity contribution in [1.82, 2.24) is 25.1 Å². The van der Waals surface area contributed by atoms with Gasteiger partial charge < -0.3 is 19.9 Å². The monoisotopic (exact) mass is 426 g/mol. The van der Waals surface area contributed by atoms with Gasteiger partial charge >= 0.3 is 0 Å². The van der Waals surface area contributed by atoms with Gasteiger partial charge in [0.2, 0.25) is 0 Å². The quantitative estimate of drug-likeness (QED) is 0.452. The Morgan fingerprint density at radius 2 is 2.00 bits per heavy atom. The van der Waals surface area contributed by atoms with Gasteiger partial charge in [0.05, 0.1) is 26.1 Å². The number of guanidine groups is 1. The van der Waals surface area contributed by atoms with E-state index in [4.69, 9.17) is 9.73 Å². The number of imidazole rings is 1. The van der Waals surface area contributed by atoms with Gasteiger partial charge in [-0.1, -0.05) is 38.1 Å². The Hall–Kier alpha value is -2.38. The molecule has 1 aliphatic rings. The number of morpholine rings is 1. The van der Waals surface area contributed by atoms with E-state index in [9.17, 15) is 0 Å². The van der Waals surface area contributed by atoms with Crippen molar-refractivity contribution >= 4 is 5.96 Å². The standard InChI is InChI=1S/C24H38N6O/c1-4-26-24(28-17-23(14-20(2)3)30-10-12-31-13-11-30)27-16-21-6-5-7-22(15-21)18-29-9-8-25-19-29/h5-9,15,19-20,23H,4,10-14,16-18H2,1-3H3,(H2,26,27,28). The van der Waals surface area contributed by atoms with Crippen molar-refractivity contribution in [2.24, 2.45) is 10.9 Å². The molecular formula is C24H38N6O.